The summed E-state index contributed by atoms with van der Waals surface area (Å²) >= 11 is 1.31. The Kier molecular flexibility index (Phi) is 5.02. The van der Waals surface area contributed by atoms with E-state index in [1.807, 2.05) is 32.0 Å². The number of aromatic nitrogens is 4. The molecule has 7 nitrogen and oxygen atoms in total. The third-order valence-corrected chi connectivity index (χ3v) is 4.09. The highest BCUT2D eigenvalue weighted by molar-refractivity contribution is 8.00. The summed E-state index contributed by atoms with van der Waals surface area (Å²) in [5.41, 5.74) is 1.82. The van der Waals surface area contributed by atoms with Gasteiger partial charge in [0.2, 0.25) is 11.1 Å². The van der Waals surface area contributed by atoms with E-state index >= 15 is 0 Å². The van der Waals surface area contributed by atoms with Crippen molar-refractivity contribution < 1.29 is 9.53 Å². The van der Waals surface area contributed by atoms with Gasteiger partial charge in [0, 0.05) is 14.1 Å². The van der Waals surface area contributed by atoms with Crippen LogP contribution < -0.4 is 4.74 Å². The van der Waals surface area contributed by atoms with E-state index in [0.29, 0.717) is 10.9 Å². The van der Waals surface area contributed by atoms with Crippen LogP contribution in [-0.2, 0) is 4.79 Å². The summed E-state index contributed by atoms with van der Waals surface area (Å²) in [7, 11) is 5.06. The van der Waals surface area contributed by atoms with Crippen LogP contribution in [-0.4, -0.2) is 57.5 Å². The number of benzene rings is 1. The Balaban J connectivity index is 2.34. The van der Waals surface area contributed by atoms with Crippen molar-refractivity contribution in [2.24, 2.45) is 0 Å². The summed E-state index contributed by atoms with van der Waals surface area (Å²) in [4.78, 5) is 13.6. The summed E-state index contributed by atoms with van der Waals surface area (Å²) in [5.74, 6) is 0.682. The number of hydrogen-bond donors (Lipinski definition) is 0. The highest BCUT2D eigenvalue weighted by Crippen LogP contribution is 2.28. The molecule has 0 aliphatic rings. The van der Waals surface area contributed by atoms with Gasteiger partial charge in [0.25, 0.3) is 0 Å². The van der Waals surface area contributed by atoms with Crippen molar-refractivity contribution in [1.82, 2.24) is 25.1 Å². The van der Waals surface area contributed by atoms with Gasteiger partial charge >= 0.3 is 0 Å². The molecule has 1 unspecified atom stereocenters. The second kappa shape index (κ2) is 6.78. The van der Waals surface area contributed by atoms with Crippen LogP contribution in [0.5, 0.6) is 5.75 Å². The molecule has 0 bridgehead atoms. The predicted molar refractivity (Wildman–Crippen MR) is 84.5 cm³/mol. The van der Waals surface area contributed by atoms with Crippen LogP contribution in [0.4, 0.5) is 0 Å². The van der Waals surface area contributed by atoms with Crippen LogP contribution in [0.15, 0.2) is 23.4 Å². The lowest BCUT2D eigenvalue weighted by atomic mass is 10.2. The topological polar surface area (TPSA) is 73.1 Å². The Morgan fingerprint density at radius 1 is 1.41 bits per heavy atom. The zero-order valence-electron chi connectivity index (χ0n) is 13.3. The molecule has 0 saturated heterocycles. The van der Waals surface area contributed by atoms with E-state index in [9.17, 15) is 4.79 Å². The van der Waals surface area contributed by atoms with E-state index in [0.717, 1.165) is 11.3 Å². The lowest BCUT2D eigenvalue weighted by Gasteiger charge is -2.16. The molecule has 0 aliphatic heterocycles. The molecule has 0 saturated carbocycles. The van der Waals surface area contributed by atoms with Gasteiger partial charge in [0.15, 0.2) is 0 Å². The van der Waals surface area contributed by atoms with Gasteiger partial charge < -0.3 is 9.64 Å². The van der Waals surface area contributed by atoms with Gasteiger partial charge in [-0.2, -0.15) is 4.68 Å². The van der Waals surface area contributed by atoms with Crippen molar-refractivity contribution in [2.45, 2.75) is 24.3 Å². The number of nitrogens with zero attached hydrogens (tertiary/aromatic N) is 5. The number of amides is 1. The molecule has 2 aromatic rings. The van der Waals surface area contributed by atoms with Crippen LogP contribution in [0, 0.1) is 6.92 Å². The molecule has 22 heavy (non-hydrogen) atoms. The molecule has 0 fully saturated rings. The molecule has 2 rings (SSSR count). The highest BCUT2D eigenvalue weighted by atomic mass is 32.2. The highest BCUT2D eigenvalue weighted by Gasteiger charge is 2.21. The number of thioether (sulfide) groups is 1. The number of rotatable bonds is 5. The van der Waals surface area contributed by atoms with Crippen molar-refractivity contribution >= 4 is 17.7 Å². The molecular formula is C14H19N5O2S. The van der Waals surface area contributed by atoms with Gasteiger partial charge in [-0.25, -0.2) is 0 Å². The van der Waals surface area contributed by atoms with Crippen LogP contribution in [0.1, 0.15) is 12.5 Å². The Morgan fingerprint density at radius 3 is 2.77 bits per heavy atom. The number of tetrazole rings is 1. The number of carbonyl (C=O) groups is 1. The van der Waals surface area contributed by atoms with Crippen molar-refractivity contribution in [3.63, 3.8) is 0 Å². The Labute approximate surface area is 133 Å². The smallest absolute Gasteiger partial charge is 0.235 e. The number of carbonyl (C=O) groups excluding carboxylic acids is 1. The van der Waals surface area contributed by atoms with E-state index in [-0.39, 0.29) is 11.2 Å². The fraction of sp³-hybridized carbons (Fsp3) is 0.429. The third kappa shape index (κ3) is 3.38. The van der Waals surface area contributed by atoms with Crippen molar-refractivity contribution in [3.8, 4) is 11.4 Å². The first kappa shape index (κ1) is 16.3. The first-order chi connectivity index (χ1) is 10.4. The van der Waals surface area contributed by atoms with Crippen molar-refractivity contribution in [1.29, 1.82) is 0 Å². The third-order valence-electron chi connectivity index (χ3n) is 3.07. The molecule has 8 heteroatoms. The molecule has 118 valence electrons. The van der Waals surface area contributed by atoms with Gasteiger partial charge in [-0.1, -0.05) is 17.8 Å². The molecule has 1 heterocycles. The molecular weight excluding hydrogens is 302 g/mol. The predicted octanol–water partition coefficient (Wildman–Crippen LogP) is 1.55. The number of methoxy groups -OCH3 is 1. The zero-order valence-corrected chi connectivity index (χ0v) is 14.1. The van der Waals surface area contributed by atoms with E-state index in [4.69, 9.17) is 4.74 Å². The number of hydrogen-bond acceptors (Lipinski definition) is 6. The Morgan fingerprint density at radius 2 is 2.14 bits per heavy atom. The SMILES string of the molecule is COc1ccc(C)cc1-n1nnnc1SC(C)C(=O)N(C)C. The monoisotopic (exact) mass is 321 g/mol. The van der Waals surface area contributed by atoms with E-state index < -0.39 is 0 Å². The van der Waals surface area contributed by atoms with Crippen LogP contribution in [0.25, 0.3) is 5.69 Å². The van der Waals surface area contributed by atoms with Gasteiger partial charge in [-0.3, -0.25) is 4.79 Å². The average molecular weight is 321 g/mol. The molecule has 0 spiro atoms. The minimum absolute atomic E-state index is 0.00996. The average Bonchev–Trinajstić information content (AvgIpc) is 2.94. The van der Waals surface area contributed by atoms with E-state index in [1.165, 1.54) is 11.8 Å². The van der Waals surface area contributed by atoms with Crippen molar-refractivity contribution in [3.05, 3.63) is 23.8 Å². The molecule has 1 aromatic heterocycles. The molecule has 0 aliphatic carbocycles. The summed E-state index contributed by atoms with van der Waals surface area (Å²) in [6.07, 6.45) is 0. The summed E-state index contributed by atoms with van der Waals surface area (Å²) in [6.45, 7) is 3.82. The Bertz CT molecular complexity index is 671. The summed E-state index contributed by atoms with van der Waals surface area (Å²) in [5, 5.41) is 12.0. The zero-order chi connectivity index (χ0) is 16.3. The minimum Gasteiger partial charge on any atom is -0.494 e. The van der Waals surface area contributed by atoms with Crippen LogP contribution >= 0.6 is 11.8 Å². The molecule has 0 radical (unpaired) electrons. The number of ether oxygens (including phenoxy) is 1. The molecule has 1 amide bonds. The molecule has 1 aromatic carbocycles. The summed E-state index contributed by atoms with van der Waals surface area (Å²) < 4.78 is 6.96. The minimum atomic E-state index is -0.282. The van der Waals surface area contributed by atoms with Gasteiger partial charge in [0.05, 0.1) is 12.4 Å². The van der Waals surface area contributed by atoms with Crippen molar-refractivity contribution in [2.75, 3.05) is 21.2 Å². The second-order valence-electron chi connectivity index (χ2n) is 5.04. The standard InChI is InChI=1S/C14H19N5O2S/c1-9-6-7-12(21-5)11(8-9)19-14(15-16-17-19)22-10(2)13(20)18(3)4/h6-8,10H,1-5H3. The molecule has 1 atom stereocenters. The second-order valence-corrected chi connectivity index (χ2v) is 6.35. The maximum Gasteiger partial charge on any atom is 0.235 e. The molecule has 0 N–H and O–H groups in total. The Hall–Kier alpha value is -2.09. The van der Waals surface area contributed by atoms with E-state index in [2.05, 4.69) is 15.5 Å². The van der Waals surface area contributed by atoms with Gasteiger partial charge in [-0.05, 0) is 42.0 Å². The lowest BCUT2D eigenvalue weighted by molar-refractivity contribution is -0.127. The van der Waals surface area contributed by atoms with Crippen LogP contribution in [0.3, 0.4) is 0 Å². The van der Waals surface area contributed by atoms with Gasteiger partial charge in [-0.15, -0.1) is 5.10 Å². The lowest BCUT2D eigenvalue weighted by Crippen LogP contribution is -2.29. The maximum atomic E-state index is 12.0. The maximum absolute atomic E-state index is 12.0. The fourth-order valence-electron chi connectivity index (χ4n) is 1.94. The number of aryl methyl sites for hydroxylation is 1. The van der Waals surface area contributed by atoms with Crippen LogP contribution in [0.2, 0.25) is 0 Å². The van der Waals surface area contributed by atoms with E-state index in [1.54, 1.807) is 30.8 Å². The van der Waals surface area contributed by atoms with Gasteiger partial charge in [0.1, 0.15) is 11.4 Å². The normalized spacial score (nSPS) is 12.0. The first-order valence-corrected chi connectivity index (χ1v) is 7.63. The summed E-state index contributed by atoms with van der Waals surface area (Å²) in [6, 6.07) is 5.77. The largest absolute Gasteiger partial charge is 0.494 e. The fourth-order valence-corrected chi connectivity index (χ4v) is 2.89. The first-order valence-electron chi connectivity index (χ1n) is 6.75. The quantitative estimate of drug-likeness (QED) is 0.778.